The molecule has 118 valence electrons. The van der Waals surface area contributed by atoms with E-state index in [1.165, 1.54) is 48.8 Å². The fourth-order valence-corrected chi connectivity index (χ4v) is 4.11. The maximum Gasteiger partial charge on any atom is 0.0320 e. The number of likely N-dealkylation sites (tertiary alicyclic amines) is 1. The molecule has 0 aromatic heterocycles. The molecule has 2 aliphatic rings. The molecular formula is C19H25ClN2. The first kappa shape index (κ1) is 15.8. The fraction of sp³-hybridized carbons (Fsp3) is 0.474. The highest BCUT2D eigenvalue weighted by molar-refractivity contribution is 5.85. The fourth-order valence-electron chi connectivity index (χ4n) is 4.11. The predicted molar refractivity (Wildman–Crippen MR) is 95.7 cm³/mol. The summed E-state index contributed by atoms with van der Waals surface area (Å²) in [5.41, 5.74) is 1.46. The summed E-state index contributed by atoms with van der Waals surface area (Å²) < 4.78 is 0. The number of hydrogen-bond donors (Lipinski definition) is 1. The molecule has 3 atom stereocenters. The Morgan fingerprint density at radius 3 is 2.77 bits per heavy atom. The summed E-state index contributed by atoms with van der Waals surface area (Å²) in [6.45, 7) is 6.06. The molecule has 2 heterocycles. The normalized spacial score (nSPS) is 26.4. The molecule has 2 saturated heterocycles. The zero-order chi connectivity index (χ0) is 14.2. The van der Waals surface area contributed by atoms with Gasteiger partial charge in [0.15, 0.2) is 0 Å². The molecule has 3 unspecified atom stereocenters. The Morgan fingerprint density at radius 1 is 1.09 bits per heavy atom. The molecule has 2 aromatic carbocycles. The Hall–Kier alpha value is -1.09. The Balaban J connectivity index is 0.00000144. The second kappa shape index (κ2) is 6.57. The number of fused-ring (bicyclic) bond motifs is 2. The second-order valence-corrected chi connectivity index (χ2v) is 6.68. The number of halogens is 1. The first-order chi connectivity index (χ1) is 10.3. The van der Waals surface area contributed by atoms with E-state index in [0.717, 1.165) is 12.0 Å². The first-order valence-corrected chi connectivity index (χ1v) is 8.27. The summed E-state index contributed by atoms with van der Waals surface area (Å²) in [5, 5.41) is 6.36. The van der Waals surface area contributed by atoms with E-state index in [4.69, 9.17) is 0 Å². The molecule has 0 saturated carbocycles. The topological polar surface area (TPSA) is 15.3 Å². The van der Waals surface area contributed by atoms with E-state index in [1.54, 1.807) is 0 Å². The molecule has 0 spiro atoms. The summed E-state index contributed by atoms with van der Waals surface area (Å²) in [4.78, 5) is 2.68. The SMILES string of the molecule is CC(c1ccc2ccccc2c1)N1CCC2NCCC2C1.Cl. The first-order valence-electron chi connectivity index (χ1n) is 8.27. The molecule has 2 aromatic rings. The van der Waals surface area contributed by atoms with Crippen LogP contribution in [-0.4, -0.2) is 30.6 Å². The summed E-state index contributed by atoms with van der Waals surface area (Å²) >= 11 is 0. The van der Waals surface area contributed by atoms with Crippen LogP contribution in [0.25, 0.3) is 10.8 Å². The van der Waals surface area contributed by atoms with Gasteiger partial charge in [0.2, 0.25) is 0 Å². The van der Waals surface area contributed by atoms with Gasteiger partial charge in [0, 0.05) is 25.2 Å². The summed E-state index contributed by atoms with van der Waals surface area (Å²) in [6, 6.07) is 16.9. The maximum absolute atomic E-state index is 3.66. The molecule has 2 aliphatic heterocycles. The van der Waals surface area contributed by atoms with Crippen LogP contribution in [0.15, 0.2) is 42.5 Å². The Kier molecular flexibility index (Phi) is 4.72. The summed E-state index contributed by atoms with van der Waals surface area (Å²) in [5.74, 6) is 0.863. The third-order valence-electron chi connectivity index (χ3n) is 5.49. The minimum atomic E-state index is 0. The quantitative estimate of drug-likeness (QED) is 0.900. The van der Waals surface area contributed by atoms with Crippen molar-refractivity contribution < 1.29 is 0 Å². The van der Waals surface area contributed by atoms with Gasteiger partial charge in [0.1, 0.15) is 0 Å². The highest BCUT2D eigenvalue weighted by Crippen LogP contribution is 2.31. The van der Waals surface area contributed by atoms with Crippen LogP contribution in [0, 0.1) is 5.92 Å². The van der Waals surface area contributed by atoms with Crippen molar-refractivity contribution in [3.8, 4) is 0 Å². The predicted octanol–water partition coefficient (Wildman–Crippen LogP) is 4.01. The van der Waals surface area contributed by atoms with E-state index < -0.39 is 0 Å². The van der Waals surface area contributed by atoms with Crippen molar-refractivity contribution in [1.29, 1.82) is 0 Å². The second-order valence-electron chi connectivity index (χ2n) is 6.68. The monoisotopic (exact) mass is 316 g/mol. The van der Waals surface area contributed by atoms with E-state index in [1.807, 2.05) is 0 Å². The Bertz CT molecular complexity index is 642. The number of nitrogens with one attached hydrogen (secondary N) is 1. The largest absolute Gasteiger partial charge is 0.314 e. The van der Waals surface area contributed by atoms with Crippen LogP contribution in [0.3, 0.4) is 0 Å². The number of hydrogen-bond acceptors (Lipinski definition) is 2. The third kappa shape index (κ3) is 2.88. The molecule has 3 heteroatoms. The Morgan fingerprint density at radius 2 is 1.91 bits per heavy atom. The van der Waals surface area contributed by atoms with Crippen molar-refractivity contribution in [2.75, 3.05) is 19.6 Å². The number of piperidine rings is 1. The van der Waals surface area contributed by atoms with Crippen LogP contribution in [-0.2, 0) is 0 Å². The molecule has 0 radical (unpaired) electrons. The van der Waals surface area contributed by atoms with Crippen LogP contribution >= 0.6 is 12.4 Å². The molecule has 1 N–H and O–H groups in total. The lowest BCUT2D eigenvalue weighted by Crippen LogP contribution is -2.45. The molecule has 4 rings (SSSR count). The van der Waals surface area contributed by atoms with E-state index in [-0.39, 0.29) is 12.4 Å². The van der Waals surface area contributed by atoms with Crippen LogP contribution in [0.5, 0.6) is 0 Å². The zero-order valence-electron chi connectivity index (χ0n) is 13.2. The van der Waals surface area contributed by atoms with Gasteiger partial charge in [0.05, 0.1) is 0 Å². The van der Waals surface area contributed by atoms with Crippen molar-refractivity contribution in [2.24, 2.45) is 5.92 Å². The average Bonchev–Trinajstić information content (AvgIpc) is 3.01. The standard InChI is InChI=1S/C19H24N2.ClH/c1-14(21-11-9-19-18(13-21)8-10-20-19)16-7-6-15-4-2-3-5-17(15)12-16;/h2-7,12,14,18-20H,8-11,13H2,1H3;1H. The van der Waals surface area contributed by atoms with Gasteiger partial charge < -0.3 is 5.32 Å². The van der Waals surface area contributed by atoms with E-state index >= 15 is 0 Å². The smallest absolute Gasteiger partial charge is 0.0320 e. The number of nitrogens with zero attached hydrogens (tertiary/aromatic N) is 1. The lowest BCUT2D eigenvalue weighted by molar-refractivity contribution is 0.122. The number of benzene rings is 2. The lowest BCUT2D eigenvalue weighted by atomic mass is 9.91. The van der Waals surface area contributed by atoms with E-state index in [2.05, 4.69) is 59.6 Å². The van der Waals surface area contributed by atoms with E-state index in [0.29, 0.717) is 6.04 Å². The lowest BCUT2D eigenvalue weighted by Gasteiger charge is -2.38. The zero-order valence-corrected chi connectivity index (χ0v) is 14.0. The minimum absolute atomic E-state index is 0. The van der Waals surface area contributed by atoms with Gasteiger partial charge in [0.25, 0.3) is 0 Å². The highest BCUT2D eigenvalue weighted by atomic mass is 35.5. The summed E-state index contributed by atoms with van der Waals surface area (Å²) in [6.07, 6.45) is 2.66. The van der Waals surface area contributed by atoms with Crippen molar-refractivity contribution >= 4 is 23.2 Å². The van der Waals surface area contributed by atoms with Gasteiger partial charge in [-0.15, -0.1) is 12.4 Å². The summed E-state index contributed by atoms with van der Waals surface area (Å²) in [7, 11) is 0. The molecule has 0 aliphatic carbocycles. The van der Waals surface area contributed by atoms with Crippen molar-refractivity contribution in [1.82, 2.24) is 10.2 Å². The van der Waals surface area contributed by atoms with Gasteiger partial charge in [-0.1, -0.05) is 36.4 Å². The highest BCUT2D eigenvalue weighted by Gasteiger charge is 2.34. The number of rotatable bonds is 2. The van der Waals surface area contributed by atoms with Gasteiger partial charge in [-0.25, -0.2) is 0 Å². The average molecular weight is 317 g/mol. The minimum Gasteiger partial charge on any atom is -0.314 e. The molecule has 2 fully saturated rings. The van der Waals surface area contributed by atoms with Gasteiger partial charge in [-0.3, -0.25) is 4.90 Å². The van der Waals surface area contributed by atoms with Crippen LogP contribution in [0.2, 0.25) is 0 Å². The third-order valence-corrected chi connectivity index (χ3v) is 5.49. The molecule has 0 amide bonds. The molecule has 22 heavy (non-hydrogen) atoms. The van der Waals surface area contributed by atoms with Gasteiger partial charge in [-0.05, 0) is 54.6 Å². The maximum atomic E-state index is 3.66. The van der Waals surface area contributed by atoms with Crippen molar-refractivity contribution in [2.45, 2.75) is 31.8 Å². The van der Waals surface area contributed by atoms with Crippen molar-refractivity contribution in [3.63, 3.8) is 0 Å². The van der Waals surface area contributed by atoms with Gasteiger partial charge in [-0.2, -0.15) is 0 Å². The van der Waals surface area contributed by atoms with Crippen LogP contribution in [0.1, 0.15) is 31.4 Å². The van der Waals surface area contributed by atoms with Gasteiger partial charge >= 0.3 is 0 Å². The molecule has 0 bridgehead atoms. The van der Waals surface area contributed by atoms with E-state index in [9.17, 15) is 0 Å². The molecular weight excluding hydrogens is 292 g/mol. The van der Waals surface area contributed by atoms with Crippen LogP contribution < -0.4 is 5.32 Å². The van der Waals surface area contributed by atoms with Crippen LogP contribution in [0.4, 0.5) is 0 Å². The Labute approximate surface area is 139 Å². The van der Waals surface area contributed by atoms with Crippen molar-refractivity contribution in [3.05, 3.63) is 48.0 Å². The molecule has 2 nitrogen and oxygen atoms in total.